The predicted octanol–water partition coefficient (Wildman–Crippen LogP) is -0.556. The summed E-state index contributed by atoms with van der Waals surface area (Å²) in [5, 5.41) is 17.5. The van der Waals surface area contributed by atoms with Gasteiger partial charge in [0.05, 0.1) is 12.5 Å². The largest absolute Gasteiger partial charge is 0.481 e. The molecule has 0 bridgehead atoms. The van der Waals surface area contributed by atoms with Crippen LogP contribution >= 0.6 is 0 Å². The van der Waals surface area contributed by atoms with Gasteiger partial charge in [-0.15, -0.1) is 0 Å². The lowest BCUT2D eigenvalue weighted by atomic mass is 10.3. The first kappa shape index (κ1) is 9.98. The number of carboxylic acids is 1. The highest BCUT2D eigenvalue weighted by atomic mass is 16.4. The van der Waals surface area contributed by atoms with Crippen LogP contribution in [0, 0.1) is 0 Å². The number of likely N-dealkylation sites (tertiary alicyclic amines) is 1. The van der Waals surface area contributed by atoms with E-state index in [1.165, 1.54) is 4.90 Å². The van der Waals surface area contributed by atoms with Gasteiger partial charge in [-0.25, -0.2) is 0 Å². The van der Waals surface area contributed by atoms with Gasteiger partial charge in [0.25, 0.3) is 0 Å². The lowest BCUT2D eigenvalue weighted by Gasteiger charge is -2.14. The molecule has 1 amide bonds. The van der Waals surface area contributed by atoms with E-state index in [1.54, 1.807) is 0 Å². The molecule has 5 heteroatoms. The van der Waals surface area contributed by atoms with Crippen molar-refractivity contribution < 1.29 is 19.8 Å². The summed E-state index contributed by atoms with van der Waals surface area (Å²) in [6.07, 6.45) is 0.123. The van der Waals surface area contributed by atoms with E-state index in [9.17, 15) is 9.59 Å². The van der Waals surface area contributed by atoms with E-state index in [1.807, 2.05) is 0 Å². The van der Waals surface area contributed by atoms with E-state index in [-0.39, 0.29) is 18.7 Å². The summed E-state index contributed by atoms with van der Waals surface area (Å²) in [5.41, 5.74) is 0. The van der Waals surface area contributed by atoms with E-state index >= 15 is 0 Å². The Balaban J connectivity index is 2.22. The van der Waals surface area contributed by atoms with Crippen LogP contribution in [0.5, 0.6) is 0 Å². The lowest BCUT2D eigenvalue weighted by molar-refractivity contribution is -0.137. The zero-order valence-electron chi connectivity index (χ0n) is 7.27. The number of β-amino-alcohol motifs (C(OH)–C–C–N with tert-alkyl or cyclic N) is 1. The summed E-state index contributed by atoms with van der Waals surface area (Å²) in [6.45, 7) is 0.778. The van der Waals surface area contributed by atoms with Gasteiger partial charge in [-0.2, -0.15) is 0 Å². The van der Waals surface area contributed by atoms with E-state index < -0.39 is 12.1 Å². The fourth-order valence-electron chi connectivity index (χ4n) is 1.39. The highest BCUT2D eigenvalue weighted by Gasteiger charge is 2.27. The first-order chi connectivity index (χ1) is 6.09. The van der Waals surface area contributed by atoms with E-state index in [0.29, 0.717) is 19.5 Å². The Morgan fingerprint density at radius 1 is 1.62 bits per heavy atom. The molecule has 1 atom stereocenters. The van der Waals surface area contributed by atoms with Crippen LogP contribution in [0.25, 0.3) is 0 Å². The molecule has 1 rings (SSSR count). The summed E-state index contributed by atoms with van der Waals surface area (Å²) >= 11 is 0. The molecule has 1 aliphatic rings. The fraction of sp³-hybridized carbons (Fsp3) is 0.750. The first-order valence-electron chi connectivity index (χ1n) is 4.27. The molecule has 13 heavy (non-hydrogen) atoms. The summed E-state index contributed by atoms with van der Waals surface area (Å²) < 4.78 is 0. The molecule has 1 unspecified atom stereocenters. The van der Waals surface area contributed by atoms with Gasteiger partial charge >= 0.3 is 5.97 Å². The Bertz CT molecular complexity index is 216. The minimum absolute atomic E-state index is 0.0693. The van der Waals surface area contributed by atoms with Crippen molar-refractivity contribution in [2.24, 2.45) is 0 Å². The van der Waals surface area contributed by atoms with Crippen LogP contribution < -0.4 is 0 Å². The van der Waals surface area contributed by atoms with Gasteiger partial charge in [-0.1, -0.05) is 0 Å². The summed E-state index contributed by atoms with van der Waals surface area (Å²) in [7, 11) is 0. The maximum absolute atomic E-state index is 11.1. The Morgan fingerprint density at radius 3 is 2.77 bits per heavy atom. The fourth-order valence-corrected chi connectivity index (χ4v) is 1.39. The Kier molecular flexibility index (Phi) is 3.25. The van der Waals surface area contributed by atoms with E-state index in [4.69, 9.17) is 10.2 Å². The van der Waals surface area contributed by atoms with Gasteiger partial charge in [-0.05, 0) is 6.42 Å². The van der Waals surface area contributed by atoms with Crippen molar-refractivity contribution >= 4 is 11.9 Å². The third-order valence-electron chi connectivity index (χ3n) is 2.01. The number of carbonyl (C=O) groups is 2. The number of carbonyl (C=O) groups excluding carboxylic acids is 1. The summed E-state index contributed by atoms with van der Waals surface area (Å²) in [6, 6.07) is 0. The average molecular weight is 187 g/mol. The summed E-state index contributed by atoms with van der Waals surface area (Å²) in [4.78, 5) is 22.8. The highest BCUT2D eigenvalue weighted by Crippen LogP contribution is 2.11. The van der Waals surface area contributed by atoms with Crippen LogP contribution in [0.4, 0.5) is 0 Å². The van der Waals surface area contributed by atoms with Crippen molar-refractivity contribution in [3.05, 3.63) is 0 Å². The minimum Gasteiger partial charge on any atom is -0.481 e. The zero-order chi connectivity index (χ0) is 9.84. The lowest BCUT2D eigenvalue weighted by Crippen LogP contribution is -2.27. The third kappa shape index (κ3) is 3.02. The molecule has 5 nitrogen and oxygen atoms in total. The molecule has 74 valence electrons. The predicted molar refractivity (Wildman–Crippen MR) is 44.1 cm³/mol. The van der Waals surface area contributed by atoms with Crippen molar-refractivity contribution in [3.63, 3.8) is 0 Å². The molecule has 1 saturated heterocycles. The standard InChI is InChI=1S/C8H13NO4/c10-6-4-7(11)9(5-6)3-1-2-8(12)13/h6,10H,1-5H2,(H,12,13). The Morgan fingerprint density at radius 2 is 2.31 bits per heavy atom. The molecule has 0 spiro atoms. The molecule has 0 radical (unpaired) electrons. The molecular weight excluding hydrogens is 174 g/mol. The van der Waals surface area contributed by atoms with Crippen molar-refractivity contribution in [2.45, 2.75) is 25.4 Å². The van der Waals surface area contributed by atoms with Crippen molar-refractivity contribution in [2.75, 3.05) is 13.1 Å². The minimum atomic E-state index is -0.854. The molecule has 0 aliphatic carbocycles. The summed E-state index contributed by atoms with van der Waals surface area (Å²) in [5.74, 6) is -0.940. The van der Waals surface area contributed by atoms with Crippen LogP contribution in [0.15, 0.2) is 0 Å². The van der Waals surface area contributed by atoms with E-state index in [0.717, 1.165) is 0 Å². The van der Waals surface area contributed by atoms with Crippen molar-refractivity contribution in [1.29, 1.82) is 0 Å². The van der Waals surface area contributed by atoms with Crippen LogP contribution in [-0.4, -0.2) is 46.2 Å². The second kappa shape index (κ2) is 4.23. The van der Waals surface area contributed by atoms with Crippen molar-refractivity contribution in [3.8, 4) is 0 Å². The molecule has 0 aromatic rings. The van der Waals surface area contributed by atoms with Gasteiger partial charge in [0.2, 0.25) is 5.91 Å². The molecular formula is C8H13NO4. The Hall–Kier alpha value is -1.10. The topological polar surface area (TPSA) is 77.8 Å². The van der Waals surface area contributed by atoms with Crippen molar-refractivity contribution in [1.82, 2.24) is 4.90 Å². The number of carboxylic acid groups (broad SMARTS) is 1. The van der Waals surface area contributed by atoms with Crippen LogP contribution in [0.1, 0.15) is 19.3 Å². The number of rotatable bonds is 4. The van der Waals surface area contributed by atoms with Crippen LogP contribution in [0.3, 0.4) is 0 Å². The van der Waals surface area contributed by atoms with E-state index in [2.05, 4.69) is 0 Å². The maximum atomic E-state index is 11.1. The smallest absolute Gasteiger partial charge is 0.303 e. The number of aliphatic carboxylic acids is 1. The Labute approximate surface area is 76.0 Å². The average Bonchev–Trinajstić information content (AvgIpc) is 2.29. The van der Waals surface area contributed by atoms with Gasteiger partial charge in [0, 0.05) is 19.5 Å². The molecule has 0 saturated carbocycles. The molecule has 1 fully saturated rings. The van der Waals surface area contributed by atoms with Gasteiger partial charge in [0.15, 0.2) is 0 Å². The quantitative estimate of drug-likeness (QED) is 0.618. The highest BCUT2D eigenvalue weighted by molar-refractivity contribution is 5.79. The molecule has 1 heterocycles. The molecule has 1 aliphatic heterocycles. The monoisotopic (exact) mass is 187 g/mol. The number of amides is 1. The van der Waals surface area contributed by atoms with Gasteiger partial charge in [0.1, 0.15) is 0 Å². The normalized spacial score (nSPS) is 22.4. The first-order valence-corrected chi connectivity index (χ1v) is 4.27. The second-order valence-electron chi connectivity index (χ2n) is 3.19. The zero-order valence-corrected chi connectivity index (χ0v) is 7.27. The second-order valence-corrected chi connectivity index (χ2v) is 3.19. The van der Waals surface area contributed by atoms with Gasteiger partial charge in [-0.3, -0.25) is 9.59 Å². The SMILES string of the molecule is O=C(O)CCCN1CC(O)CC1=O. The van der Waals surface area contributed by atoms with Gasteiger partial charge < -0.3 is 15.1 Å². The van der Waals surface area contributed by atoms with Crippen LogP contribution in [0.2, 0.25) is 0 Å². The third-order valence-corrected chi connectivity index (χ3v) is 2.01. The number of nitrogens with zero attached hydrogens (tertiary/aromatic N) is 1. The number of aliphatic hydroxyl groups excluding tert-OH is 1. The maximum Gasteiger partial charge on any atom is 0.303 e. The molecule has 0 aromatic heterocycles. The van der Waals surface area contributed by atoms with Crippen LogP contribution in [-0.2, 0) is 9.59 Å². The number of hydrogen-bond acceptors (Lipinski definition) is 3. The number of hydrogen-bond donors (Lipinski definition) is 2. The molecule has 0 aromatic carbocycles. The number of aliphatic hydroxyl groups is 1. The molecule has 2 N–H and O–H groups in total.